The summed E-state index contributed by atoms with van der Waals surface area (Å²) in [7, 11) is 1.55. The second-order valence-corrected chi connectivity index (χ2v) is 8.30. The maximum absolute atomic E-state index is 12.4. The number of carbonyl (C=O) groups excluding carboxylic acids is 2. The van der Waals surface area contributed by atoms with Crippen LogP contribution in [0.25, 0.3) is 11.1 Å². The van der Waals surface area contributed by atoms with Crippen molar-refractivity contribution in [3.05, 3.63) is 71.4 Å². The van der Waals surface area contributed by atoms with Crippen LogP contribution in [-0.2, 0) is 16.6 Å². The minimum absolute atomic E-state index is 0.0196. The predicted octanol–water partition coefficient (Wildman–Crippen LogP) is 3.76. The fraction of sp³-hybridized carbons (Fsp3) is 0.280. The lowest BCUT2D eigenvalue weighted by Gasteiger charge is -2.17. The number of carboxylic acid groups (broad SMARTS) is 1. The van der Waals surface area contributed by atoms with Gasteiger partial charge in [-0.25, -0.2) is 9.59 Å². The first kappa shape index (κ1) is 23.0. The molecule has 0 radical (unpaired) electrons. The van der Waals surface area contributed by atoms with Crippen molar-refractivity contribution in [1.82, 2.24) is 15.1 Å². The maximum Gasteiger partial charge on any atom is 0.407 e. The van der Waals surface area contributed by atoms with E-state index in [1.54, 1.807) is 14.0 Å². The van der Waals surface area contributed by atoms with Gasteiger partial charge in [0.05, 0.1) is 0 Å². The van der Waals surface area contributed by atoms with Crippen LogP contribution in [0.15, 0.2) is 54.6 Å². The zero-order chi connectivity index (χ0) is 24.2. The third kappa shape index (κ3) is 4.93. The molecular formula is C25H26N4O5. The lowest BCUT2D eigenvalue weighted by Crippen LogP contribution is -2.34. The molecule has 0 saturated carbocycles. The molecule has 34 heavy (non-hydrogen) atoms. The highest BCUT2D eigenvalue weighted by Crippen LogP contribution is 2.44. The van der Waals surface area contributed by atoms with Gasteiger partial charge in [0.15, 0.2) is 5.69 Å². The smallest absolute Gasteiger partial charge is 0.407 e. The van der Waals surface area contributed by atoms with Gasteiger partial charge in [-0.15, -0.1) is 0 Å². The third-order valence-corrected chi connectivity index (χ3v) is 5.88. The van der Waals surface area contributed by atoms with E-state index in [1.165, 1.54) is 10.7 Å². The van der Waals surface area contributed by atoms with Crippen molar-refractivity contribution in [2.75, 3.05) is 11.9 Å². The Balaban J connectivity index is 1.25. The van der Waals surface area contributed by atoms with Gasteiger partial charge < -0.3 is 20.5 Å². The van der Waals surface area contributed by atoms with Crippen LogP contribution in [0.2, 0.25) is 0 Å². The summed E-state index contributed by atoms with van der Waals surface area (Å²) >= 11 is 0. The zero-order valence-electron chi connectivity index (χ0n) is 18.9. The van der Waals surface area contributed by atoms with E-state index in [9.17, 15) is 14.4 Å². The Hall–Kier alpha value is -4.14. The molecule has 2 amide bonds. The molecule has 9 nitrogen and oxygen atoms in total. The fourth-order valence-electron chi connectivity index (χ4n) is 4.16. The normalized spacial score (nSPS) is 13.0. The van der Waals surface area contributed by atoms with Crippen molar-refractivity contribution >= 4 is 23.8 Å². The molecule has 0 aliphatic heterocycles. The van der Waals surface area contributed by atoms with Gasteiger partial charge in [0.25, 0.3) is 0 Å². The number of fused-ring (bicyclic) bond motifs is 3. The average molecular weight is 463 g/mol. The zero-order valence-corrected chi connectivity index (χ0v) is 18.9. The molecule has 0 fully saturated rings. The molecule has 1 atom stereocenters. The Morgan fingerprint density at radius 2 is 1.71 bits per heavy atom. The van der Waals surface area contributed by atoms with E-state index in [2.05, 4.69) is 40.0 Å². The number of aryl methyl sites for hydroxylation is 1. The van der Waals surface area contributed by atoms with Gasteiger partial charge in [-0.2, -0.15) is 5.10 Å². The van der Waals surface area contributed by atoms with Crippen molar-refractivity contribution in [2.45, 2.75) is 31.7 Å². The first-order chi connectivity index (χ1) is 16.3. The molecule has 4 rings (SSSR count). The second-order valence-electron chi connectivity index (χ2n) is 8.30. The molecule has 0 saturated heterocycles. The molecule has 9 heteroatoms. The van der Waals surface area contributed by atoms with Crippen LogP contribution in [0.4, 0.5) is 10.6 Å². The number of amides is 2. The highest BCUT2D eigenvalue weighted by atomic mass is 16.5. The van der Waals surface area contributed by atoms with Crippen LogP contribution >= 0.6 is 0 Å². The number of aromatic nitrogens is 2. The molecular weight excluding hydrogens is 436 g/mol. The summed E-state index contributed by atoms with van der Waals surface area (Å²) < 4.78 is 6.83. The summed E-state index contributed by atoms with van der Waals surface area (Å²) in [5.41, 5.74) is 4.46. The van der Waals surface area contributed by atoms with Crippen molar-refractivity contribution in [3.63, 3.8) is 0 Å². The Kier molecular flexibility index (Phi) is 6.62. The topological polar surface area (TPSA) is 123 Å². The van der Waals surface area contributed by atoms with Gasteiger partial charge in [-0.1, -0.05) is 48.5 Å². The van der Waals surface area contributed by atoms with E-state index in [-0.39, 0.29) is 36.6 Å². The number of hydrogen-bond acceptors (Lipinski definition) is 5. The van der Waals surface area contributed by atoms with E-state index < -0.39 is 12.1 Å². The molecule has 1 aromatic heterocycles. The molecule has 0 bridgehead atoms. The largest absolute Gasteiger partial charge is 0.476 e. The van der Waals surface area contributed by atoms with Crippen molar-refractivity contribution in [3.8, 4) is 11.1 Å². The minimum atomic E-state index is -1.17. The summed E-state index contributed by atoms with van der Waals surface area (Å²) in [5, 5.41) is 18.2. The van der Waals surface area contributed by atoms with E-state index in [0.29, 0.717) is 12.2 Å². The number of carbonyl (C=O) groups is 3. The quantitative estimate of drug-likeness (QED) is 0.468. The Morgan fingerprint density at radius 1 is 1.09 bits per heavy atom. The minimum Gasteiger partial charge on any atom is -0.476 e. The Labute approximate surface area is 196 Å². The molecule has 3 aromatic rings. The van der Waals surface area contributed by atoms with Crippen LogP contribution in [0.5, 0.6) is 0 Å². The highest BCUT2D eigenvalue weighted by molar-refractivity contribution is 5.92. The molecule has 1 aliphatic rings. The molecule has 0 spiro atoms. The van der Waals surface area contributed by atoms with E-state index in [4.69, 9.17) is 9.84 Å². The standard InChI is InChI=1S/C25H26N4O5/c1-15(11-12-23(30)27-22-13-21(24(31)32)28-29(22)2)26-25(33)34-14-20-18-9-5-3-7-16(18)17-8-4-6-10-19(17)20/h3-10,13,15,20H,11-12,14H2,1-2H3,(H,26,33)(H,27,30)(H,31,32). The number of alkyl carbamates (subject to hydrolysis) is 1. The third-order valence-electron chi connectivity index (χ3n) is 5.88. The number of aromatic carboxylic acids is 1. The van der Waals surface area contributed by atoms with E-state index >= 15 is 0 Å². The van der Waals surface area contributed by atoms with Gasteiger partial charge in [-0.3, -0.25) is 9.48 Å². The number of benzene rings is 2. The lowest BCUT2D eigenvalue weighted by atomic mass is 9.98. The van der Waals surface area contributed by atoms with E-state index in [1.807, 2.05) is 24.3 Å². The first-order valence-corrected chi connectivity index (χ1v) is 11.0. The summed E-state index contributed by atoms with van der Waals surface area (Å²) in [4.78, 5) is 35.6. The van der Waals surface area contributed by atoms with Gasteiger partial charge in [0.2, 0.25) is 5.91 Å². The summed E-state index contributed by atoms with van der Waals surface area (Å²) in [6, 6.07) is 17.3. The van der Waals surface area contributed by atoms with Crippen molar-refractivity contribution in [1.29, 1.82) is 0 Å². The number of nitrogens with one attached hydrogen (secondary N) is 2. The monoisotopic (exact) mass is 462 g/mol. The van der Waals surface area contributed by atoms with Crippen LogP contribution < -0.4 is 10.6 Å². The van der Waals surface area contributed by atoms with Crippen molar-refractivity contribution < 1.29 is 24.2 Å². The summed E-state index contributed by atoms with van der Waals surface area (Å²) in [5.74, 6) is -1.20. The van der Waals surface area contributed by atoms with Crippen LogP contribution in [0.3, 0.4) is 0 Å². The van der Waals surface area contributed by atoms with Gasteiger partial charge >= 0.3 is 12.1 Å². The summed E-state index contributed by atoms with van der Waals surface area (Å²) in [6.07, 6.45) is -0.00885. The highest BCUT2D eigenvalue weighted by Gasteiger charge is 2.29. The average Bonchev–Trinajstić information content (AvgIpc) is 3.34. The van der Waals surface area contributed by atoms with Crippen LogP contribution in [-0.4, -0.2) is 45.5 Å². The van der Waals surface area contributed by atoms with Gasteiger partial charge in [-0.05, 0) is 35.6 Å². The van der Waals surface area contributed by atoms with E-state index in [0.717, 1.165) is 22.3 Å². The molecule has 1 aliphatic carbocycles. The first-order valence-electron chi connectivity index (χ1n) is 11.0. The lowest BCUT2D eigenvalue weighted by molar-refractivity contribution is -0.116. The second kappa shape index (κ2) is 9.78. The maximum atomic E-state index is 12.4. The Bertz CT molecular complexity index is 1190. The molecule has 3 N–H and O–H groups in total. The SMILES string of the molecule is CC(CCC(=O)Nc1cc(C(=O)O)nn1C)NC(=O)OCC1c2ccccc2-c2ccccc21. The molecule has 176 valence electrons. The number of hydrogen-bond donors (Lipinski definition) is 3. The molecule has 2 aromatic carbocycles. The fourth-order valence-corrected chi connectivity index (χ4v) is 4.16. The Morgan fingerprint density at radius 3 is 2.29 bits per heavy atom. The van der Waals surface area contributed by atoms with Gasteiger partial charge in [0.1, 0.15) is 12.4 Å². The summed E-state index contributed by atoms with van der Waals surface area (Å²) in [6.45, 7) is 2.01. The number of nitrogens with zero attached hydrogens (tertiary/aromatic N) is 2. The molecule has 1 unspecified atom stereocenters. The molecule has 1 heterocycles. The van der Waals surface area contributed by atoms with Gasteiger partial charge in [0, 0.05) is 31.5 Å². The number of ether oxygens (including phenoxy) is 1. The predicted molar refractivity (Wildman–Crippen MR) is 126 cm³/mol. The number of rotatable bonds is 8. The van der Waals surface area contributed by atoms with Crippen molar-refractivity contribution in [2.24, 2.45) is 7.05 Å². The number of carboxylic acids is 1. The van der Waals surface area contributed by atoms with Crippen LogP contribution in [0.1, 0.15) is 47.3 Å². The van der Waals surface area contributed by atoms with Crippen LogP contribution in [0, 0.1) is 0 Å². The number of anilines is 1.